The Balaban J connectivity index is 1.59. The van der Waals surface area contributed by atoms with Crippen LogP contribution in [-0.4, -0.2) is 50.3 Å². The van der Waals surface area contributed by atoms with E-state index in [1.807, 2.05) is 0 Å². The van der Waals surface area contributed by atoms with Gasteiger partial charge in [0.25, 0.3) is 0 Å². The molecule has 2 aromatic heterocycles. The highest BCUT2D eigenvalue weighted by molar-refractivity contribution is 6.30. The smallest absolute Gasteiger partial charge is 0.246 e. The summed E-state index contributed by atoms with van der Waals surface area (Å²) in [5.74, 6) is 5.88. The first-order chi connectivity index (χ1) is 15.5. The second kappa shape index (κ2) is 9.24. The molecule has 164 valence electrons. The number of nitrogens with zero attached hydrogens (tertiary/aromatic N) is 5. The molecular weight excluding hydrogens is 435 g/mol. The van der Waals surface area contributed by atoms with Gasteiger partial charge in [0, 0.05) is 19.2 Å². The van der Waals surface area contributed by atoms with Gasteiger partial charge in [-0.15, -0.1) is 0 Å². The fraction of sp³-hybridized carbons (Fsp3) is 0.273. The van der Waals surface area contributed by atoms with Gasteiger partial charge in [0.2, 0.25) is 5.91 Å². The average molecular weight is 455 g/mol. The van der Waals surface area contributed by atoms with Crippen molar-refractivity contribution >= 4 is 34.4 Å². The fourth-order valence-corrected chi connectivity index (χ4v) is 3.80. The number of hydrogen-bond acceptors (Lipinski definition) is 6. The largest absolute Gasteiger partial charge is 0.481 e. The van der Waals surface area contributed by atoms with Crippen LogP contribution in [0.1, 0.15) is 24.6 Å². The lowest BCUT2D eigenvalue weighted by Gasteiger charge is -2.32. The molecule has 1 saturated heterocycles. The average Bonchev–Trinajstić information content (AvgIpc) is 3.18. The minimum atomic E-state index is -0.520. The summed E-state index contributed by atoms with van der Waals surface area (Å²) in [6.07, 6.45) is 4.36. The number of likely N-dealkylation sites (tertiary alicyclic amines) is 1. The molecule has 1 aliphatic heterocycles. The molecule has 0 spiro atoms. The Morgan fingerprint density at radius 1 is 1.44 bits per heavy atom. The molecule has 3 heterocycles. The Labute approximate surface area is 188 Å². The summed E-state index contributed by atoms with van der Waals surface area (Å²) in [5, 5.41) is 5.16. The molecule has 4 rings (SSSR count). The van der Waals surface area contributed by atoms with Crippen LogP contribution in [0.3, 0.4) is 0 Å². The zero-order chi connectivity index (χ0) is 22.7. The van der Waals surface area contributed by atoms with Gasteiger partial charge in [-0.3, -0.25) is 4.79 Å². The summed E-state index contributed by atoms with van der Waals surface area (Å²) < 4.78 is 20.5. The maximum Gasteiger partial charge on any atom is 0.246 e. The van der Waals surface area contributed by atoms with Crippen LogP contribution in [0.25, 0.3) is 11.0 Å². The van der Waals surface area contributed by atoms with Crippen LogP contribution in [0.15, 0.2) is 37.2 Å². The molecule has 1 amide bonds. The van der Waals surface area contributed by atoms with Gasteiger partial charge in [0.15, 0.2) is 5.65 Å². The maximum atomic E-state index is 13.3. The topological polar surface area (TPSA) is 99.2 Å². The molecule has 0 bridgehead atoms. The molecule has 1 atom stereocenters. The van der Waals surface area contributed by atoms with E-state index in [-0.39, 0.29) is 29.4 Å². The number of ether oxygens (including phenoxy) is 1. The summed E-state index contributed by atoms with van der Waals surface area (Å²) in [7, 11) is 0. The molecular formula is C22H20ClFN6O2. The van der Waals surface area contributed by atoms with E-state index in [2.05, 4.69) is 33.5 Å². The normalized spacial score (nSPS) is 15.8. The molecule has 0 radical (unpaired) electrons. The number of halogens is 2. The van der Waals surface area contributed by atoms with Gasteiger partial charge in [-0.25, -0.2) is 19.0 Å². The molecule has 32 heavy (non-hydrogen) atoms. The van der Waals surface area contributed by atoms with E-state index in [0.29, 0.717) is 35.6 Å². The van der Waals surface area contributed by atoms with Crippen LogP contribution in [0.4, 0.5) is 10.2 Å². The van der Waals surface area contributed by atoms with Crippen LogP contribution in [-0.2, 0) is 4.79 Å². The zero-order valence-electron chi connectivity index (χ0n) is 17.1. The maximum absolute atomic E-state index is 13.3. The second-order valence-electron chi connectivity index (χ2n) is 7.20. The van der Waals surface area contributed by atoms with Gasteiger partial charge < -0.3 is 15.4 Å². The third-order valence-corrected chi connectivity index (χ3v) is 5.45. The van der Waals surface area contributed by atoms with Gasteiger partial charge in [-0.2, -0.15) is 5.10 Å². The Morgan fingerprint density at radius 2 is 2.28 bits per heavy atom. The number of benzene rings is 1. The molecule has 3 aromatic rings. The van der Waals surface area contributed by atoms with E-state index in [0.717, 1.165) is 12.8 Å². The van der Waals surface area contributed by atoms with Gasteiger partial charge in [-0.1, -0.05) is 24.1 Å². The molecule has 8 nitrogen and oxygen atoms in total. The number of carbonyl (C=O) groups excluding carboxylic acids is 1. The lowest BCUT2D eigenvalue weighted by molar-refractivity contribution is -0.127. The molecule has 1 aliphatic rings. The van der Waals surface area contributed by atoms with E-state index < -0.39 is 5.82 Å². The van der Waals surface area contributed by atoms with E-state index in [4.69, 9.17) is 22.1 Å². The number of aromatic nitrogens is 4. The monoisotopic (exact) mass is 454 g/mol. The van der Waals surface area contributed by atoms with Crippen molar-refractivity contribution in [3.63, 3.8) is 0 Å². The number of fused-ring (bicyclic) bond motifs is 1. The van der Waals surface area contributed by atoms with Crippen LogP contribution in [0.2, 0.25) is 5.02 Å². The van der Waals surface area contributed by atoms with Crippen LogP contribution >= 0.6 is 11.6 Å². The summed E-state index contributed by atoms with van der Waals surface area (Å²) in [6, 6.07) is 4.01. The van der Waals surface area contributed by atoms with Gasteiger partial charge in [0.1, 0.15) is 36.0 Å². The van der Waals surface area contributed by atoms with Crippen molar-refractivity contribution in [1.29, 1.82) is 0 Å². The SMILES string of the molecule is C=CC(=O)N1CCC[C@@H](n2nc(C#CCOc3ccc(F)c(Cl)c3)c3c(N)ncnc32)C1. The number of rotatable bonds is 4. The summed E-state index contributed by atoms with van der Waals surface area (Å²) in [4.78, 5) is 22.2. The summed E-state index contributed by atoms with van der Waals surface area (Å²) in [6.45, 7) is 4.77. The lowest BCUT2D eigenvalue weighted by Crippen LogP contribution is -2.40. The van der Waals surface area contributed by atoms with Crippen molar-refractivity contribution in [2.45, 2.75) is 18.9 Å². The number of amides is 1. The van der Waals surface area contributed by atoms with E-state index in [1.165, 1.54) is 30.6 Å². The van der Waals surface area contributed by atoms with E-state index >= 15 is 0 Å². The predicted molar refractivity (Wildman–Crippen MR) is 119 cm³/mol. The minimum Gasteiger partial charge on any atom is -0.481 e. The van der Waals surface area contributed by atoms with Crippen molar-refractivity contribution in [3.8, 4) is 17.6 Å². The zero-order valence-corrected chi connectivity index (χ0v) is 17.8. The van der Waals surface area contributed by atoms with Gasteiger partial charge in [-0.05, 0) is 37.0 Å². The number of nitrogens with two attached hydrogens (primary N) is 1. The molecule has 0 aliphatic carbocycles. The third-order valence-electron chi connectivity index (χ3n) is 5.16. The highest BCUT2D eigenvalue weighted by Crippen LogP contribution is 2.28. The number of hydrogen-bond donors (Lipinski definition) is 1. The van der Waals surface area contributed by atoms with Crippen LogP contribution < -0.4 is 10.5 Å². The molecule has 0 unspecified atom stereocenters. The first-order valence-corrected chi connectivity index (χ1v) is 10.3. The first kappa shape index (κ1) is 21.6. The first-order valence-electron chi connectivity index (χ1n) is 9.94. The van der Waals surface area contributed by atoms with Crippen molar-refractivity contribution in [3.05, 3.63) is 53.7 Å². The predicted octanol–water partition coefficient (Wildman–Crippen LogP) is 2.98. The standard InChI is InChI=1S/C22H20ClFN6O2/c1-2-19(31)29-9-3-5-14(12-29)30-22-20(21(25)26-13-27-22)18(28-30)6-4-10-32-15-7-8-17(24)16(23)11-15/h2,7-8,11,13-14H,1,3,5,9-10,12H2,(H2,25,26,27)/t14-/m1/s1. The van der Waals surface area contributed by atoms with Crippen LogP contribution in [0.5, 0.6) is 5.75 Å². The van der Waals surface area contributed by atoms with Crippen molar-refractivity contribution in [2.75, 3.05) is 25.4 Å². The van der Waals surface area contributed by atoms with Crippen molar-refractivity contribution in [2.24, 2.45) is 0 Å². The minimum absolute atomic E-state index is 0.0263. The molecule has 1 fully saturated rings. The molecule has 10 heteroatoms. The summed E-state index contributed by atoms with van der Waals surface area (Å²) in [5.41, 5.74) is 7.07. The number of piperidine rings is 1. The van der Waals surface area contributed by atoms with Crippen molar-refractivity contribution < 1.29 is 13.9 Å². The number of carbonyl (C=O) groups is 1. The van der Waals surface area contributed by atoms with Gasteiger partial charge in [0.05, 0.1) is 16.5 Å². The Bertz CT molecular complexity index is 1250. The molecule has 2 N–H and O–H groups in total. The highest BCUT2D eigenvalue weighted by atomic mass is 35.5. The molecule has 0 saturated carbocycles. The van der Waals surface area contributed by atoms with E-state index in [1.54, 1.807) is 9.58 Å². The van der Waals surface area contributed by atoms with Crippen molar-refractivity contribution in [1.82, 2.24) is 24.6 Å². The van der Waals surface area contributed by atoms with Crippen LogP contribution in [0, 0.1) is 17.7 Å². The Kier molecular flexibility index (Phi) is 6.23. The molecule has 1 aromatic carbocycles. The van der Waals surface area contributed by atoms with E-state index in [9.17, 15) is 9.18 Å². The quantitative estimate of drug-likeness (QED) is 0.480. The second-order valence-corrected chi connectivity index (χ2v) is 7.61. The lowest BCUT2D eigenvalue weighted by atomic mass is 10.1. The Hall–Kier alpha value is -3.64. The summed E-state index contributed by atoms with van der Waals surface area (Å²) >= 11 is 5.76. The number of nitrogen functional groups attached to an aromatic ring is 1. The fourth-order valence-electron chi connectivity index (χ4n) is 3.63. The number of anilines is 1. The van der Waals surface area contributed by atoms with Gasteiger partial charge >= 0.3 is 0 Å². The third kappa shape index (κ3) is 4.36. The Morgan fingerprint density at radius 3 is 3.06 bits per heavy atom. The highest BCUT2D eigenvalue weighted by Gasteiger charge is 2.27.